The fourth-order valence-electron chi connectivity index (χ4n) is 7.39. The molecule has 2 aromatic heterocycles. The lowest BCUT2D eigenvalue weighted by Crippen LogP contribution is -2.10. The number of hydrogen-bond donors (Lipinski definition) is 0. The van der Waals surface area contributed by atoms with E-state index in [-0.39, 0.29) is 0 Å². The Labute approximate surface area is 292 Å². The Bertz CT molecular complexity index is 2830. The van der Waals surface area contributed by atoms with E-state index in [4.69, 9.17) is 0 Å². The molecule has 8 aromatic carbocycles. The van der Waals surface area contributed by atoms with E-state index < -0.39 is 0 Å². The molecule has 0 amide bonds. The van der Waals surface area contributed by atoms with Crippen LogP contribution in [0.5, 0.6) is 0 Å². The monoisotopic (exact) mass is 659 g/mol. The first-order valence-electron chi connectivity index (χ1n) is 16.6. The maximum atomic E-state index is 2.40. The summed E-state index contributed by atoms with van der Waals surface area (Å²) in [7, 11) is 0. The van der Waals surface area contributed by atoms with Crippen LogP contribution in [0.1, 0.15) is 0 Å². The van der Waals surface area contributed by atoms with Crippen LogP contribution in [0.2, 0.25) is 0 Å². The molecule has 0 aliphatic rings. The summed E-state index contributed by atoms with van der Waals surface area (Å²) in [6, 6.07) is 64.4. The molecule has 0 N–H and O–H groups in total. The van der Waals surface area contributed by atoms with E-state index in [1.807, 2.05) is 22.7 Å². The summed E-state index contributed by atoms with van der Waals surface area (Å²) in [5.74, 6) is 0. The van der Waals surface area contributed by atoms with Gasteiger partial charge in [0, 0.05) is 57.4 Å². The van der Waals surface area contributed by atoms with Crippen LogP contribution in [0.15, 0.2) is 176 Å². The molecule has 3 heteroatoms. The first kappa shape index (κ1) is 28.3. The third-order valence-corrected chi connectivity index (χ3v) is 11.9. The predicted octanol–water partition coefficient (Wildman–Crippen LogP) is 14.4. The van der Waals surface area contributed by atoms with E-state index in [1.54, 1.807) is 0 Å². The van der Waals surface area contributed by atoms with Gasteiger partial charge in [-0.05, 0) is 93.7 Å². The van der Waals surface area contributed by atoms with E-state index in [2.05, 4.69) is 181 Å². The lowest BCUT2D eigenvalue weighted by atomic mass is 9.98. The molecule has 0 unspecified atom stereocenters. The second-order valence-electron chi connectivity index (χ2n) is 12.5. The van der Waals surface area contributed by atoms with Crippen molar-refractivity contribution in [2.75, 3.05) is 4.90 Å². The average Bonchev–Trinajstić information content (AvgIpc) is 3.75. The fourth-order valence-corrected chi connectivity index (χ4v) is 9.64. The smallest absolute Gasteiger partial charge is 0.0468 e. The van der Waals surface area contributed by atoms with Gasteiger partial charge in [0.2, 0.25) is 0 Å². The van der Waals surface area contributed by atoms with Gasteiger partial charge in [-0.15, -0.1) is 22.7 Å². The Kier molecular flexibility index (Phi) is 6.61. The molecule has 0 saturated carbocycles. The molecule has 230 valence electrons. The highest BCUT2D eigenvalue weighted by atomic mass is 32.1. The van der Waals surface area contributed by atoms with Gasteiger partial charge in [0.25, 0.3) is 0 Å². The van der Waals surface area contributed by atoms with Crippen molar-refractivity contribution in [3.63, 3.8) is 0 Å². The quantitative estimate of drug-likeness (QED) is 0.178. The molecule has 0 bridgehead atoms. The van der Waals surface area contributed by atoms with Gasteiger partial charge in [-0.2, -0.15) is 0 Å². The third-order valence-electron chi connectivity index (χ3n) is 9.65. The SMILES string of the molecule is c1ccc(-c2ccc(N(c3cccc(-c4cccc5sc6ccccc6c45)c3)c3ccc4c(ccc5sc6ccccc6c54)c3)cc2)cc1. The number of anilines is 3. The summed E-state index contributed by atoms with van der Waals surface area (Å²) in [5, 5.41) is 7.86. The van der Waals surface area contributed by atoms with Crippen LogP contribution in [-0.2, 0) is 0 Å². The van der Waals surface area contributed by atoms with Gasteiger partial charge >= 0.3 is 0 Å². The van der Waals surface area contributed by atoms with E-state index in [0.29, 0.717) is 0 Å². The van der Waals surface area contributed by atoms with Gasteiger partial charge in [0.15, 0.2) is 0 Å². The van der Waals surface area contributed by atoms with Crippen LogP contribution in [0.3, 0.4) is 0 Å². The van der Waals surface area contributed by atoms with Gasteiger partial charge in [-0.1, -0.05) is 115 Å². The molecule has 0 spiro atoms. The Morgan fingerprint density at radius 1 is 0.327 bits per heavy atom. The molecule has 10 rings (SSSR count). The minimum atomic E-state index is 1.12. The molecule has 0 saturated heterocycles. The van der Waals surface area contributed by atoms with Crippen LogP contribution in [0.4, 0.5) is 17.1 Å². The summed E-state index contributed by atoms with van der Waals surface area (Å²) in [5.41, 5.74) is 8.29. The van der Waals surface area contributed by atoms with Crippen molar-refractivity contribution in [1.82, 2.24) is 0 Å². The highest BCUT2D eigenvalue weighted by Crippen LogP contribution is 2.44. The topological polar surface area (TPSA) is 3.24 Å². The minimum absolute atomic E-state index is 1.12. The molecule has 0 aliphatic heterocycles. The second-order valence-corrected chi connectivity index (χ2v) is 14.7. The molecule has 10 aromatic rings. The Balaban J connectivity index is 1.16. The van der Waals surface area contributed by atoms with Crippen molar-refractivity contribution in [2.45, 2.75) is 0 Å². The predicted molar refractivity (Wildman–Crippen MR) is 215 cm³/mol. The van der Waals surface area contributed by atoms with Crippen molar-refractivity contribution in [2.24, 2.45) is 0 Å². The number of hydrogen-bond acceptors (Lipinski definition) is 3. The summed E-state index contributed by atoms with van der Waals surface area (Å²) < 4.78 is 5.31. The van der Waals surface area contributed by atoms with E-state index in [1.165, 1.54) is 73.4 Å². The zero-order valence-corrected chi connectivity index (χ0v) is 28.1. The maximum Gasteiger partial charge on any atom is 0.0468 e. The highest BCUT2D eigenvalue weighted by Gasteiger charge is 2.17. The largest absolute Gasteiger partial charge is 0.310 e. The van der Waals surface area contributed by atoms with Crippen molar-refractivity contribution in [3.05, 3.63) is 176 Å². The number of thiophene rings is 2. The molecular weight excluding hydrogens is 631 g/mol. The average molecular weight is 660 g/mol. The zero-order valence-electron chi connectivity index (χ0n) is 26.5. The molecule has 0 atom stereocenters. The van der Waals surface area contributed by atoms with Crippen LogP contribution < -0.4 is 4.90 Å². The molecule has 0 fully saturated rings. The number of fused-ring (bicyclic) bond motifs is 8. The molecular formula is C46H29NS2. The Hall–Kier alpha value is -5.74. The molecule has 0 aliphatic carbocycles. The maximum absolute atomic E-state index is 2.40. The summed E-state index contributed by atoms with van der Waals surface area (Å²) in [6.07, 6.45) is 0. The summed E-state index contributed by atoms with van der Waals surface area (Å²) in [4.78, 5) is 2.40. The second kappa shape index (κ2) is 11.5. The van der Waals surface area contributed by atoms with Crippen molar-refractivity contribution >= 4 is 90.9 Å². The van der Waals surface area contributed by atoms with E-state index in [0.717, 1.165) is 17.1 Å². The van der Waals surface area contributed by atoms with Gasteiger partial charge in [0.1, 0.15) is 0 Å². The highest BCUT2D eigenvalue weighted by molar-refractivity contribution is 7.26. The lowest BCUT2D eigenvalue weighted by molar-refractivity contribution is 1.29. The minimum Gasteiger partial charge on any atom is -0.310 e. The normalized spacial score (nSPS) is 11.7. The van der Waals surface area contributed by atoms with Crippen molar-refractivity contribution in [3.8, 4) is 22.3 Å². The van der Waals surface area contributed by atoms with Gasteiger partial charge in [-0.25, -0.2) is 0 Å². The van der Waals surface area contributed by atoms with Crippen molar-refractivity contribution in [1.29, 1.82) is 0 Å². The molecule has 2 heterocycles. The third kappa shape index (κ3) is 4.74. The fraction of sp³-hybridized carbons (Fsp3) is 0. The van der Waals surface area contributed by atoms with Gasteiger partial charge in [-0.3, -0.25) is 0 Å². The van der Waals surface area contributed by atoms with Crippen LogP contribution in [0.25, 0.3) is 73.4 Å². The Morgan fingerprint density at radius 2 is 0.918 bits per heavy atom. The van der Waals surface area contributed by atoms with Gasteiger partial charge < -0.3 is 4.90 Å². The Morgan fingerprint density at radius 3 is 1.71 bits per heavy atom. The molecule has 0 radical (unpaired) electrons. The van der Waals surface area contributed by atoms with Gasteiger partial charge in [0.05, 0.1) is 0 Å². The number of benzene rings is 8. The molecule has 49 heavy (non-hydrogen) atoms. The molecule has 1 nitrogen and oxygen atoms in total. The standard InChI is InChI=1S/C46H29NS2/c1-2-10-30(11-3-1)31-20-23-34(24-21-31)47(36-25-26-38-33(29-36)22-27-44-46(38)40-15-5-7-18-42(40)49-44)35-13-8-12-32(28-35)37-16-9-19-43-45(37)39-14-4-6-17-41(39)48-43/h1-29H. The van der Waals surface area contributed by atoms with Crippen molar-refractivity contribution < 1.29 is 0 Å². The lowest BCUT2D eigenvalue weighted by Gasteiger charge is -2.27. The summed E-state index contributed by atoms with van der Waals surface area (Å²) >= 11 is 3.74. The zero-order chi connectivity index (χ0) is 32.3. The number of nitrogens with zero attached hydrogens (tertiary/aromatic N) is 1. The van der Waals surface area contributed by atoms with E-state index >= 15 is 0 Å². The van der Waals surface area contributed by atoms with Crippen LogP contribution >= 0.6 is 22.7 Å². The van der Waals surface area contributed by atoms with Crippen LogP contribution in [-0.4, -0.2) is 0 Å². The first-order valence-corrected chi connectivity index (χ1v) is 18.2. The summed E-state index contributed by atoms with van der Waals surface area (Å²) in [6.45, 7) is 0. The number of rotatable bonds is 5. The van der Waals surface area contributed by atoms with Crippen LogP contribution in [0, 0.1) is 0 Å². The first-order chi connectivity index (χ1) is 24.3. The van der Waals surface area contributed by atoms with E-state index in [9.17, 15) is 0 Å².